The maximum absolute atomic E-state index is 5.71. The van der Waals surface area contributed by atoms with Crippen molar-refractivity contribution in [2.45, 2.75) is 89.5 Å². The fraction of sp³-hybridized carbons (Fsp3) is 1.00. The standard InChI is InChI=1S/C19H39OS.HI.Mg/c1-5-7-8-9-10-14-20-17-21-15-11-13-19(4)16-18(3)12-6-2;;/h6,18-19H,5,7-17H2,1-4H3;1H;/q;;+1/p-1. The van der Waals surface area contributed by atoms with Gasteiger partial charge < -0.3 is 23.6 Å². The van der Waals surface area contributed by atoms with Crippen LogP contribution in [0.1, 0.15) is 85.5 Å². The molecule has 3 unspecified atom stereocenters. The monoisotopic (exact) mass is 466 g/mol. The largest absolute Gasteiger partial charge is 0.466 e. The quantitative estimate of drug-likeness (QED) is 0.0958. The van der Waals surface area contributed by atoms with E-state index in [0.717, 1.165) is 28.4 Å². The first-order valence-corrected chi connectivity index (χ1v) is 16.9. The summed E-state index contributed by atoms with van der Waals surface area (Å²) in [5.41, 5.74) is 0. The summed E-state index contributed by atoms with van der Waals surface area (Å²) in [5.74, 6) is 3.99. The highest BCUT2D eigenvalue weighted by atomic mass is 127. The van der Waals surface area contributed by atoms with Crippen LogP contribution in [0.25, 0.3) is 0 Å². The highest BCUT2D eigenvalue weighted by Crippen LogP contribution is 2.25. The third-order valence-corrected chi connectivity index (χ3v) is 10.7. The van der Waals surface area contributed by atoms with Crippen LogP contribution in [0.15, 0.2) is 0 Å². The Morgan fingerprint density at radius 1 is 0.957 bits per heavy atom. The summed E-state index contributed by atoms with van der Waals surface area (Å²) in [6.45, 7) is 10.6. The Balaban J connectivity index is 3.30. The Bertz CT molecular complexity index is 243. The van der Waals surface area contributed by atoms with Crippen molar-refractivity contribution in [3.05, 3.63) is 0 Å². The summed E-state index contributed by atoms with van der Waals surface area (Å²) in [4.78, 5) is 0. The zero-order valence-corrected chi connectivity index (χ0v) is 20.5. The molecule has 0 saturated carbocycles. The van der Waals surface area contributed by atoms with E-state index >= 15 is 0 Å². The van der Waals surface area contributed by atoms with Crippen LogP contribution >= 0.6 is 30.6 Å². The fourth-order valence-electron chi connectivity index (χ4n) is 3.17. The number of hydrogen-bond acceptors (Lipinski definition) is 2. The molecule has 0 aromatic carbocycles. The van der Waals surface area contributed by atoms with Gasteiger partial charge in [-0.15, -0.1) is 15.8 Å². The van der Waals surface area contributed by atoms with E-state index in [1.54, 1.807) is 0 Å². The van der Waals surface area contributed by atoms with Gasteiger partial charge in [0.2, 0.25) is 0 Å². The van der Waals surface area contributed by atoms with Crippen LogP contribution in [0.5, 0.6) is 0 Å². The average Bonchev–Trinajstić information content (AvgIpc) is 2.52. The molecule has 0 aliphatic heterocycles. The molecule has 0 fully saturated rings. The van der Waals surface area contributed by atoms with Crippen LogP contribution in [-0.4, -0.2) is 34.8 Å². The minimum atomic E-state index is 0.178. The van der Waals surface area contributed by atoms with Gasteiger partial charge in [-0.1, -0.05) is 59.8 Å². The number of ether oxygens (including phenoxy) is 1. The molecule has 0 bridgehead atoms. The molecule has 0 saturated heterocycles. The maximum atomic E-state index is 5.71. The summed E-state index contributed by atoms with van der Waals surface area (Å²) in [6, 6.07) is 0. The second kappa shape index (κ2) is 18.6. The van der Waals surface area contributed by atoms with E-state index in [-0.39, 0.29) is 16.5 Å². The number of hydrogen-bond donors (Lipinski definition) is 0. The van der Waals surface area contributed by atoms with Crippen LogP contribution in [-0.2, 0) is 4.74 Å². The maximum Gasteiger partial charge on any atom is 0.466 e. The molecule has 0 aliphatic rings. The highest BCUT2D eigenvalue weighted by molar-refractivity contribution is 14.1. The van der Waals surface area contributed by atoms with Gasteiger partial charge in [0.05, 0.1) is 5.94 Å². The van der Waals surface area contributed by atoms with Crippen molar-refractivity contribution in [3.63, 3.8) is 0 Å². The van der Waals surface area contributed by atoms with E-state index in [9.17, 15) is 0 Å². The molecule has 0 heterocycles. The number of rotatable bonds is 17. The molecule has 1 nitrogen and oxygen atoms in total. The van der Waals surface area contributed by atoms with E-state index in [0.29, 0.717) is 0 Å². The Labute approximate surface area is 170 Å². The van der Waals surface area contributed by atoms with Gasteiger partial charge in [-0.3, -0.25) is 0 Å². The van der Waals surface area contributed by atoms with E-state index in [1.165, 1.54) is 63.5 Å². The molecule has 0 radical (unpaired) electrons. The van der Waals surface area contributed by atoms with Crippen LogP contribution < -0.4 is 0 Å². The summed E-state index contributed by atoms with van der Waals surface area (Å²) in [5, 5.41) is 0. The van der Waals surface area contributed by atoms with Gasteiger partial charge in [0, 0.05) is 6.61 Å². The lowest BCUT2D eigenvalue weighted by Gasteiger charge is -2.19. The normalized spacial score (nSPS) is 15.2. The third-order valence-electron chi connectivity index (χ3n) is 4.42. The number of unbranched alkanes of at least 4 members (excludes halogenated alkanes) is 4. The second-order valence-electron chi connectivity index (χ2n) is 7.43. The number of thioether (sulfide) groups is 1. The Morgan fingerprint density at radius 2 is 1.70 bits per heavy atom. The Kier molecular flexibility index (Phi) is 20.1. The molecule has 0 aromatic heterocycles. The highest BCUT2D eigenvalue weighted by Gasteiger charge is 2.13. The van der Waals surface area contributed by atoms with Gasteiger partial charge in [-0.25, -0.2) is 0 Å². The Hall–Kier alpha value is 1.81. The van der Waals surface area contributed by atoms with Gasteiger partial charge in [-0.2, -0.15) is 0 Å². The third kappa shape index (κ3) is 18.4. The van der Waals surface area contributed by atoms with Crippen LogP contribution in [0.2, 0.25) is 4.05 Å². The molecular formula is C19H39IMgOS. The van der Waals surface area contributed by atoms with Crippen LogP contribution in [0.3, 0.4) is 0 Å². The first kappa shape index (κ1) is 24.8. The summed E-state index contributed by atoms with van der Waals surface area (Å²) >= 11 is 4.81. The number of halogens is 1. The molecule has 4 heteroatoms. The molecule has 0 rings (SSSR count). The molecule has 0 aromatic rings. The van der Waals surface area contributed by atoms with Gasteiger partial charge in [0.25, 0.3) is 0 Å². The first-order chi connectivity index (χ1) is 11.1. The SMILES string of the molecule is CCCCCCCOCSCCCC(C)CC(C)C[CH](C)[Mg][I]. The van der Waals surface area contributed by atoms with Crippen molar-refractivity contribution in [1.82, 2.24) is 0 Å². The van der Waals surface area contributed by atoms with Crippen molar-refractivity contribution in [1.29, 1.82) is 0 Å². The van der Waals surface area contributed by atoms with E-state index in [1.807, 2.05) is 11.8 Å². The lowest BCUT2D eigenvalue weighted by molar-refractivity contribution is 0.177. The van der Waals surface area contributed by atoms with Crippen molar-refractivity contribution in [3.8, 4) is 0 Å². The topological polar surface area (TPSA) is 9.23 Å². The van der Waals surface area contributed by atoms with Crippen molar-refractivity contribution in [2.75, 3.05) is 18.3 Å². The van der Waals surface area contributed by atoms with Gasteiger partial charge >= 0.3 is 16.5 Å². The minimum Gasteiger partial charge on any atom is -0.371 e. The summed E-state index contributed by atoms with van der Waals surface area (Å²) in [7, 11) is 0. The molecule has 0 N–H and O–H groups in total. The lowest BCUT2D eigenvalue weighted by Crippen LogP contribution is -2.07. The molecule has 0 aliphatic carbocycles. The van der Waals surface area contributed by atoms with Gasteiger partial charge in [0.1, 0.15) is 0 Å². The Morgan fingerprint density at radius 3 is 2.39 bits per heavy atom. The predicted octanol–water partition coefficient (Wildman–Crippen LogP) is 7.36. The molecule has 136 valence electrons. The zero-order chi connectivity index (χ0) is 17.3. The van der Waals surface area contributed by atoms with Crippen LogP contribution in [0.4, 0.5) is 0 Å². The van der Waals surface area contributed by atoms with Crippen LogP contribution in [0, 0.1) is 11.8 Å². The molecule has 23 heavy (non-hydrogen) atoms. The molecule has 0 amide bonds. The van der Waals surface area contributed by atoms with E-state index in [2.05, 4.69) is 46.5 Å². The van der Waals surface area contributed by atoms with Crippen molar-refractivity contribution in [2.24, 2.45) is 11.8 Å². The summed E-state index contributed by atoms with van der Waals surface area (Å²) in [6.07, 6.45) is 12.3. The molecular weight excluding hydrogens is 427 g/mol. The van der Waals surface area contributed by atoms with E-state index in [4.69, 9.17) is 4.74 Å². The van der Waals surface area contributed by atoms with Crippen molar-refractivity contribution < 1.29 is 4.74 Å². The van der Waals surface area contributed by atoms with Gasteiger partial charge in [0.15, 0.2) is 0 Å². The lowest BCUT2D eigenvalue weighted by atomic mass is 9.91. The molecule has 3 atom stereocenters. The van der Waals surface area contributed by atoms with Crippen molar-refractivity contribution >= 4 is 47.1 Å². The fourth-order valence-corrected chi connectivity index (χ4v) is 5.67. The minimum absolute atomic E-state index is 0.178. The first-order valence-electron chi connectivity index (χ1n) is 9.81. The average molecular weight is 467 g/mol. The smallest absolute Gasteiger partial charge is 0.371 e. The molecule has 0 spiro atoms. The van der Waals surface area contributed by atoms with Gasteiger partial charge in [-0.05, 0) is 43.3 Å². The zero-order valence-electron chi connectivity index (χ0n) is 16.1. The summed E-state index contributed by atoms with van der Waals surface area (Å²) < 4.78 is 6.73. The predicted molar refractivity (Wildman–Crippen MR) is 118 cm³/mol. The second-order valence-corrected chi connectivity index (χ2v) is 12.8. The van der Waals surface area contributed by atoms with E-state index < -0.39 is 0 Å².